The molecule has 0 atom stereocenters. The molecule has 0 unspecified atom stereocenters. The van der Waals surface area contributed by atoms with Gasteiger partial charge in [0.25, 0.3) is 0 Å². The molecule has 1 heterocycles. The second kappa shape index (κ2) is 6.93. The number of carboxylic acids is 1. The summed E-state index contributed by atoms with van der Waals surface area (Å²) in [4.78, 5) is 15.5. The molecule has 0 bridgehead atoms. The van der Waals surface area contributed by atoms with Crippen molar-refractivity contribution < 1.29 is 19.4 Å². The minimum atomic E-state index is -1.01. The van der Waals surface area contributed by atoms with Crippen molar-refractivity contribution in [2.75, 3.05) is 13.7 Å². The Kier molecular flexibility index (Phi) is 4.99. The molecule has 1 aromatic carbocycles. The van der Waals surface area contributed by atoms with Crippen molar-refractivity contribution in [3.05, 3.63) is 41.7 Å². The van der Waals surface area contributed by atoms with Crippen LogP contribution in [0.4, 0.5) is 0 Å². The number of ether oxygens (including phenoxy) is 2. The van der Waals surface area contributed by atoms with Crippen LogP contribution in [0.2, 0.25) is 0 Å². The lowest BCUT2D eigenvalue weighted by Gasteiger charge is -2.16. The number of methoxy groups -OCH3 is 1. The van der Waals surface area contributed by atoms with E-state index in [-0.39, 0.29) is 5.56 Å². The van der Waals surface area contributed by atoms with Gasteiger partial charge < -0.3 is 14.6 Å². The van der Waals surface area contributed by atoms with Crippen LogP contribution in [0.5, 0.6) is 11.5 Å². The van der Waals surface area contributed by atoms with Gasteiger partial charge in [0.05, 0.1) is 19.3 Å². The standard InChI is InChI=1S/C17H19NO4/c1-4-7-22-16-14(12-5-6-18-11(2)8-12)9-13(17(19)20)10-15(16)21-3/h5-6,8-10H,4,7H2,1-3H3,(H,19,20). The summed E-state index contributed by atoms with van der Waals surface area (Å²) >= 11 is 0. The highest BCUT2D eigenvalue weighted by atomic mass is 16.5. The van der Waals surface area contributed by atoms with Crippen LogP contribution in [0, 0.1) is 6.92 Å². The van der Waals surface area contributed by atoms with Crippen molar-refractivity contribution in [2.45, 2.75) is 20.3 Å². The second-order valence-corrected chi connectivity index (χ2v) is 4.89. The summed E-state index contributed by atoms with van der Waals surface area (Å²) in [6.07, 6.45) is 2.53. The fourth-order valence-corrected chi connectivity index (χ4v) is 2.16. The van der Waals surface area contributed by atoms with Crippen molar-refractivity contribution >= 4 is 5.97 Å². The molecule has 0 aliphatic carbocycles. The molecule has 0 spiro atoms. The fourth-order valence-electron chi connectivity index (χ4n) is 2.16. The van der Waals surface area contributed by atoms with Gasteiger partial charge in [0, 0.05) is 17.5 Å². The molecule has 2 rings (SSSR count). The molecule has 0 aliphatic heterocycles. The molecular formula is C17H19NO4. The highest BCUT2D eigenvalue weighted by Crippen LogP contribution is 2.39. The summed E-state index contributed by atoms with van der Waals surface area (Å²) in [7, 11) is 1.50. The summed E-state index contributed by atoms with van der Waals surface area (Å²) in [5.41, 5.74) is 2.54. The number of aryl methyl sites for hydroxylation is 1. The Hall–Kier alpha value is -2.56. The van der Waals surface area contributed by atoms with Gasteiger partial charge in [-0.15, -0.1) is 0 Å². The minimum Gasteiger partial charge on any atom is -0.493 e. The number of aromatic carboxylic acids is 1. The predicted molar refractivity (Wildman–Crippen MR) is 83.7 cm³/mol. The topological polar surface area (TPSA) is 68.7 Å². The van der Waals surface area contributed by atoms with Gasteiger partial charge in [0.15, 0.2) is 11.5 Å². The zero-order chi connectivity index (χ0) is 16.1. The Morgan fingerprint density at radius 3 is 2.68 bits per heavy atom. The van der Waals surface area contributed by atoms with E-state index in [4.69, 9.17) is 9.47 Å². The van der Waals surface area contributed by atoms with Gasteiger partial charge in [-0.05, 0) is 43.2 Å². The van der Waals surface area contributed by atoms with E-state index in [1.54, 1.807) is 12.3 Å². The molecule has 1 N–H and O–H groups in total. The van der Waals surface area contributed by atoms with Crippen LogP contribution in [0.15, 0.2) is 30.5 Å². The van der Waals surface area contributed by atoms with Crippen LogP contribution >= 0.6 is 0 Å². The van der Waals surface area contributed by atoms with Crippen LogP contribution in [0.1, 0.15) is 29.4 Å². The lowest BCUT2D eigenvalue weighted by molar-refractivity contribution is 0.0696. The highest BCUT2D eigenvalue weighted by Gasteiger charge is 2.18. The van der Waals surface area contributed by atoms with Gasteiger partial charge in [-0.25, -0.2) is 4.79 Å². The van der Waals surface area contributed by atoms with Gasteiger partial charge in [-0.3, -0.25) is 4.98 Å². The third-order valence-corrected chi connectivity index (χ3v) is 3.18. The Balaban J connectivity index is 2.65. The largest absolute Gasteiger partial charge is 0.493 e. The number of carboxylic acid groups (broad SMARTS) is 1. The maximum Gasteiger partial charge on any atom is 0.335 e. The monoisotopic (exact) mass is 301 g/mol. The highest BCUT2D eigenvalue weighted by molar-refractivity contribution is 5.92. The Labute approximate surface area is 129 Å². The second-order valence-electron chi connectivity index (χ2n) is 4.89. The number of nitrogens with zero attached hydrogens (tertiary/aromatic N) is 1. The quantitative estimate of drug-likeness (QED) is 0.883. The maximum absolute atomic E-state index is 11.3. The molecular weight excluding hydrogens is 282 g/mol. The predicted octanol–water partition coefficient (Wildman–Crippen LogP) is 3.55. The summed E-state index contributed by atoms with van der Waals surface area (Å²) in [5.74, 6) is -0.0369. The first-order chi connectivity index (χ1) is 10.6. The number of aromatic nitrogens is 1. The fraction of sp³-hybridized carbons (Fsp3) is 0.294. The first kappa shape index (κ1) is 15.8. The van der Waals surface area contributed by atoms with Gasteiger partial charge in [0.2, 0.25) is 0 Å². The number of benzene rings is 1. The van der Waals surface area contributed by atoms with E-state index in [9.17, 15) is 9.90 Å². The number of carbonyl (C=O) groups is 1. The summed E-state index contributed by atoms with van der Waals surface area (Å²) in [5, 5.41) is 9.29. The van der Waals surface area contributed by atoms with Crippen LogP contribution in [0.3, 0.4) is 0 Å². The third kappa shape index (κ3) is 3.36. The number of hydrogen-bond donors (Lipinski definition) is 1. The number of rotatable bonds is 6. The third-order valence-electron chi connectivity index (χ3n) is 3.18. The van der Waals surface area contributed by atoms with Gasteiger partial charge in [-0.2, -0.15) is 0 Å². The molecule has 0 radical (unpaired) electrons. The number of hydrogen-bond acceptors (Lipinski definition) is 4. The van der Waals surface area contributed by atoms with Crippen molar-refractivity contribution in [3.63, 3.8) is 0 Å². The summed E-state index contributed by atoms with van der Waals surface area (Å²) < 4.78 is 11.1. The van der Waals surface area contributed by atoms with Crippen molar-refractivity contribution in [3.8, 4) is 22.6 Å². The van der Waals surface area contributed by atoms with E-state index in [0.29, 0.717) is 23.7 Å². The Bertz CT molecular complexity index is 682. The van der Waals surface area contributed by atoms with Gasteiger partial charge in [0.1, 0.15) is 0 Å². The van der Waals surface area contributed by atoms with E-state index in [1.165, 1.54) is 13.2 Å². The smallest absolute Gasteiger partial charge is 0.335 e. The molecule has 2 aromatic rings. The molecule has 0 fully saturated rings. The lowest BCUT2D eigenvalue weighted by Crippen LogP contribution is -2.04. The molecule has 116 valence electrons. The maximum atomic E-state index is 11.3. The van der Waals surface area contributed by atoms with Gasteiger partial charge in [-0.1, -0.05) is 6.92 Å². The average Bonchev–Trinajstić information content (AvgIpc) is 2.51. The molecule has 1 aromatic heterocycles. The Morgan fingerprint density at radius 2 is 2.09 bits per heavy atom. The molecule has 0 saturated heterocycles. The van der Waals surface area contributed by atoms with E-state index in [1.807, 2.05) is 26.0 Å². The normalized spacial score (nSPS) is 10.3. The van der Waals surface area contributed by atoms with Crippen LogP contribution < -0.4 is 9.47 Å². The summed E-state index contributed by atoms with van der Waals surface area (Å²) in [6, 6.07) is 6.79. The molecule has 22 heavy (non-hydrogen) atoms. The van der Waals surface area contributed by atoms with E-state index >= 15 is 0 Å². The summed E-state index contributed by atoms with van der Waals surface area (Å²) in [6.45, 7) is 4.42. The van der Waals surface area contributed by atoms with E-state index in [0.717, 1.165) is 17.7 Å². The van der Waals surface area contributed by atoms with Gasteiger partial charge >= 0.3 is 5.97 Å². The minimum absolute atomic E-state index is 0.158. The first-order valence-corrected chi connectivity index (χ1v) is 7.08. The number of pyridine rings is 1. The van der Waals surface area contributed by atoms with E-state index < -0.39 is 5.97 Å². The van der Waals surface area contributed by atoms with Crippen molar-refractivity contribution in [2.24, 2.45) is 0 Å². The van der Waals surface area contributed by atoms with Crippen LogP contribution in [-0.2, 0) is 0 Å². The average molecular weight is 301 g/mol. The van der Waals surface area contributed by atoms with Crippen LogP contribution in [-0.4, -0.2) is 29.8 Å². The molecule has 5 heteroatoms. The first-order valence-electron chi connectivity index (χ1n) is 7.08. The van der Waals surface area contributed by atoms with Crippen molar-refractivity contribution in [1.82, 2.24) is 4.98 Å². The van der Waals surface area contributed by atoms with Crippen LogP contribution in [0.25, 0.3) is 11.1 Å². The van der Waals surface area contributed by atoms with E-state index in [2.05, 4.69) is 4.98 Å². The zero-order valence-electron chi connectivity index (χ0n) is 12.9. The molecule has 0 amide bonds. The zero-order valence-corrected chi connectivity index (χ0v) is 12.9. The molecule has 0 aliphatic rings. The van der Waals surface area contributed by atoms with Crippen molar-refractivity contribution in [1.29, 1.82) is 0 Å². The SMILES string of the molecule is CCCOc1c(OC)cc(C(=O)O)cc1-c1ccnc(C)c1. The Morgan fingerprint density at radius 1 is 1.32 bits per heavy atom. The molecule has 5 nitrogen and oxygen atoms in total. The lowest BCUT2D eigenvalue weighted by atomic mass is 10.0. The molecule has 0 saturated carbocycles.